The normalized spacial score (nSPS) is 10.3. The van der Waals surface area contributed by atoms with Gasteiger partial charge < -0.3 is 10.0 Å². The van der Waals surface area contributed by atoms with Crippen molar-refractivity contribution in [2.75, 3.05) is 11.4 Å². The number of hydrogen-bond acceptors (Lipinski definition) is 2. The summed E-state index contributed by atoms with van der Waals surface area (Å²) in [6.07, 6.45) is 0. The molecule has 3 nitrogen and oxygen atoms in total. The van der Waals surface area contributed by atoms with Crippen LogP contribution in [-0.2, 0) is 0 Å². The van der Waals surface area contributed by atoms with E-state index in [-0.39, 0.29) is 11.4 Å². The number of carboxylic acids is 1. The van der Waals surface area contributed by atoms with Crippen LogP contribution in [0.2, 0.25) is 0 Å². The molecule has 0 fully saturated rings. The number of aromatic carboxylic acids is 1. The van der Waals surface area contributed by atoms with Crippen LogP contribution in [0.4, 0.5) is 15.8 Å². The first-order valence-corrected chi connectivity index (χ1v) is 6.88. The van der Waals surface area contributed by atoms with E-state index in [0.717, 1.165) is 5.69 Å². The van der Waals surface area contributed by atoms with Gasteiger partial charge in [-0.3, -0.25) is 0 Å². The minimum atomic E-state index is -1.01. The van der Waals surface area contributed by atoms with Gasteiger partial charge in [-0.2, -0.15) is 0 Å². The van der Waals surface area contributed by atoms with E-state index in [0.29, 0.717) is 16.7 Å². The Kier molecular flexibility index (Phi) is 4.39. The van der Waals surface area contributed by atoms with Crippen LogP contribution in [-0.4, -0.2) is 17.6 Å². The zero-order valence-corrected chi connectivity index (χ0v) is 12.4. The summed E-state index contributed by atoms with van der Waals surface area (Å²) in [6.45, 7) is 2.48. The third kappa shape index (κ3) is 2.82. The molecule has 104 valence electrons. The largest absolute Gasteiger partial charge is 0.478 e. The Labute approximate surface area is 124 Å². The molecule has 0 radical (unpaired) electrons. The molecule has 0 aromatic heterocycles. The van der Waals surface area contributed by atoms with Gasteiger partial charge in [0.1, 0.15) is 5.82 Å². The fourth-order valence-corrected chi connectivity index (χ4v) is 2.59. The average molecular weight is 338 g/mol. The van der Waals surface area contributed by atoms with Crippen molar-refractivity contribution in [3.05, 3.63) is 58.3 Å². The second-order valence-electron chi connectivity index (χ2n) is 4.16. The van der Waals surface area contributed by atoms with Gasteiger partial charge >= 0.3 is 5.97 Å². The highest BCUT2D eigenvalue weighted by molar-refractivity contribution is 9.10. The van der Waals surface area contributed by atoms with Gasteiger partial charge in [-0.25, -0.2) is 9.18 Å². The van der Waals surface area contributed by atoms with Crippen molar-refractivity contribution >= 4 is 33.3 Å². The van der Waals surface area contributed by atoms with Crippen LogP contribution in [0, 0.1) is 5.82 Å². The summed E-state index contributed by atoms with van der Waals surface area (Å²) in [6, 6.07) is 11.2. The van der Waals surface area contributed by atoms with Gasteiger partial charge in [0.2, 0.25) is 0 Å². The van der Waals surface area contributed by atoms with Crippen LogP contribution < -0.4 is 4.90 Å². The molecule has 0 saturated heterocycles. The molecule has 1 N–H and O–H groups in total. The average Bonchev–Trinajstić information content (AvgIpc) is 2.41. The van der Waals surface area contributed by atoms with Gasteiger partial charge in [0.05, 0.1) is 11.3 Å². The highest BCUT2D eigenvalue weighted by Crippen LogP contribution is 2.32. The molecular formula is C15H13BrFNO2. The van der Waals surface area contributed by atoms with Crippen molar-refractivity contribution in [3.8, 4) is 0 Å². The number of carbonyl (C=O) groups is 1. The van der Waals surface area contributed by atoms with Crippen molar-refractivity contribution in [1.82, 2.24) is 0 Å². The van der Waals surface area contributed by atoms with Gasteiger partial charge in [-0.1, -0.05) is 6.07 Å². The van der Waals surface area contributed by atoms with Crippen LogP contribution in [0.5, 0.6) is 0 Å². The summed E-state index contributed by atoms with van der Waals surface area (Å²) in [5.74, 6) is -1.33. The van der Waals surface area contributed by atoms with Crippen molar-refractivity contribution in [2.24, 2.45) is 0 Å². The van der Waals surface area contributed by atoms with E-state index >= 15 is 0 Å². The molecule has 0 bridgehead atoms. The molecule has 2 aromatic carbocycles. The smallest absolute Gasteiger partial charge is 0.338 e. The highest BCUT2D eigenvalue weighted by atomic mass is 79.9. The first-order chi connectivity index (χ1) is 9.54. The predicted molar refractivity (Wildman–Crippen MR) is 80.2 cm³/mol. The highest BCUT2D eigenvalue weighted by Gasteiger charge is 2.19. The van der Waals surface area contributed by atoms with E-state index in [2.05, 4.69) is 15.9 Å². The summed E-state index contributed by atoms with van der Waals surface area (Å²) in [4.78, 5) is 13.3. The third-order valence-corrected chi connectivity index (χ3v) is 3.61. The molecule has 2 rings (SSSR count). The van der Waals surface area contributed by atoms with E-state index in [1.165, 1.54) is 12.1 Å². The Bertz CT molecular complexity index is 628. The topological polar surface area (TPSA) is 40.5 Å². The van der Waals surface area contributed by atoms with Crippen LogP contribution in [0.3, 0.4) is 0 Å². The second kappa shape index (κ2) is 6.05. The summed E-state index contributed by atoms with van der Waals surface area (Å²) in [5.41, 5.74) is 1.51. The molecule has 0 saturated carbocycles. The van der Waals surface area contributed by atoms with E-state index < -0.39 is 5.97 Å². The molecule has 0 aliphatic carbocycles. The van der Waals surface area contributed by atoms with Gasteiger partial charge in [0.15, 0.2) is 0 Å². The quantitative estimate of drug-likeness (QED) is 0.896. The molecule has 5 heteroatoms. The number of hydrogen-bond donors (Lipinski definition) is 1. The number of nitrogens with zero attached hydrogens (tertiary/aromatic N) is 1. The molecule has 0 atom stereocenters. The Morgan fingerprint density at radius 3 is 2.45 bits per heavy atom. The minimum absolute atomic E-state index is 0.193. The fraction of sp³-hybridized carbons (Fsp3) is 0.133. The molecular weight excluding hydrogens is 325 g/mol. The number of rotatable bonds is 4. The first kappa shape index (κ1) is 14.5. The Balaban J connectivity index is 2.55. The summed E-state index contributed by atoms with van der Waals surface area (Å²) in [7, 11) is 0. The Morgan fingerprint density at radius 1 is 1.25 bits per heavy atom. The third-order valence-electron chi connectivity index (χ3n) is 2.95. The SMILES string of the molecule is CCN(c1ccc(F)cc1)c1cccc(Br)c1C(=O)O. The van der Waals surface area contributed by atoms with E-state index in [1.807, 2.05) is 11.8 Å². The van der Waals surface area contributed by atoms with Crippen LogP contribution >= 0.6 is 15.9 Å². The number of halogens is 2. The summed E-state index contributed by atoms with van der Waals surface area (Å²) >= 11 is 3.26. The van der Waals surface area contributed by atoms with Gasteiger partial charge in [0.25, 0.3) is 0 Å². The molecule has 0 amide bonds. The number of benzene rings is 2. The minimum Gasteiger partial charge on any atom is -0.478 e. The predicted octanol–water partition coefficient (Wildman–Crippen LogP) is 4.44. The first-order valence-electron chi connectivity index (χ1n) is 6.09. The second-order valence-corrected chi connectivity index (χ2v) is 5.01. The maximum absolute atomic E-state index is 13.0. The van der Waals surface area contributed by atoms with E-state index in [4.69, 9.17) is 0 Å². The summed E-state index contributed by atoms with van der Waals surface area (Å²) < 4.78 is 13.5. The van der Waals surface area contributed by atoms with Crippen LogP contribution in [0.25, 0.3) is 0 Å². The zero-order valence-electron chi connectivity index (χ0n) is 10.8. The Morgan fingerprint density at radius 2 is 1.90 bits per heavy atom. The molecule has 20 heavy (non-hydrogen) atoms. The number of carboxylic acid groups (broad SMARTS) is 1. The molecule has 0 heterocycles. The lowest BCUT2D eigenvalue weighted by Crippen LogP contribution is -2.19. The Hall–Kier alpha value is -1.88. The lowest BCUT2D eigenvalue weighted by molar-refractivity contribution is 0.0696. The van der Waals surface area contributed by atoms with Gasteiger partial charge in [-0.05, 0) is 59.3 Å². The molecule has 0 spiro atoms. The van der Waals surface area contributed by atoms with Crippen molar-refractivity contribution < 1.29 is 14.3 Å². The van der Waals surface area contributed by atoms with Crippen LogP contribution in [0.1, 0.15) is 17.3 Å². The monoisotopic (exact) mass is 337 g/mol. The van der Waals surface area contributed by atoms with Crippen molar-refractivity contribution in [3.63, 3.8) is 0 Å². The lowest BCUT2D eigenvalue weighted by atomic mass is 10.1. The van der Waals surface area contributed by atoms with Gasteiger partial charge in [-0.15, -0.1) is 0 Å². The van der Waals surface area contributed by atoms with Crippen LogP contribution in [0.15, 0.2) is 46.9 Å². The maximum atomic E-state index is 13.0. The molecule has 0 unspecified atom stereocenters. The van der Waals surface area contributed by atoms with Crippen molar-refractivity contribution in [1.29, 1.82) is 0 Å². The van der Waals surface area contributed by atoms with Gasteiger partial charge in [0, 0.05) is 16.7 Å². The van der Waals surface area contributed by atoms with E-state index in [1.54, 1.807) is 30.3 Å². The summed E-state index contributed by atoms with van der Waals surface area (Å²) in [5, 5.41) is 9.37. The lowest BCUT2D eigenvalue weighted by Gasteiger charge is -2.25. The zero-order chi connectivity index (χ0) is 14.7. The maximum Gasteiger partial charge on any atom is 0.338 e. The molecule has 2 aromatic rings. The molecule has 0 aliphatic heterocycles. The molecule has 0 aliphatic rings. The number of anilines is 2. The standard InChI is InChI=1S/C15H13BrFNO2/c1-2-18(11-8-6-10(17)7-9-11)13-5-3-4-12(16)14(13)15(19)20/h3-9H,2H2,1H3,(H,19,20). The fourth-order valence-electron chi connectivity index (χ4n) is 2.06. The van der Waals surface area contributed by atoms with E-state index in [9.17, 15) is 14.3 Å². The van der Waals surface area contributed by atoms with Crippen molar-refractivity contribution in [2.45, 2.75) is 6.92 Å².